The molecule has 33 heavy (non-hydrogen) atoms. The second kappa shape index (κ2) is 8.95. The molecule has 0 atom stereocenters. The predicted molar refractivity (Wildman–Crippen MR) is 137 cm³/mol. The van der Waals surface area contributed by atoms with Crippen LogP contribution in [-0.4, -0.2) is 11.8 Å². The van der Waals surface area contributed by atoms with E-state index in [0.717, 1.165) is 14.7 Å². The highest BCUT2D eigenvalue weighted by Gasteiger charge is 2.46. The fourth-order valence-electron chi connectivity index (χ4n) is 4.03. The first-order valence-corrected chi connectivity index (χ1v) is 11.8. The summed E-state index contributed by atoms with van der Waals surface area (Å²) < 4.78 is 15.3. The van der Waals surface area contributed by atoms with E-state index < -0.39 is 11.2 Å². The summed E-state index contributed by atoms with van der Waals surface area (Å²) in [6.07, 6.45) is 0. The highest BCUT2D eigenvalue weighted by Crippen LogP contribution is 2.45. The van der Waals surface area contributed by atoms with Crippen molar-refractivity contribution in [3.05, 3.63) is 91.3 Å². The molecular weight excluding hydrogens is 556 g/mol. The van der Waals surface area contributed by atoms with Crippen LogP contribution in [0, 0.1) is 9.39 Å². The zero-order chi connectivity index (χ0) is 23.9. The second-order valence-electron chi connectivity index (χ2n) is 8.49. The number of hydrogen-bond donors (Lipinski definition) is 2. The zero-order valence-corrected chi connectivity index (χ0v) is 21.0. The van der Waals surface area contributed by atoms with Crippen LogP contribution in [0.15, 0.2) is 54.6 Å². The molecule has 0 saturated carbocycles. The highest BCUT2D eigenvalue weighted by atomic mass is 127. The first kappa shape index (κ1) is 23.5. The zero-order valence-electron chi connectivity index (χ0n) is 18.1. The van der Waals surface area contributed by atoms with Crippen LogP contribution in [-0.2, 0) is 23.3 Å². The number of carbonyl (C=O) groups excluding carboxylic acids is 2. The Morgan fingerprint density at radius 2 is 1.88 bits per heavy atom. The lowest BCUT2D eigenvalue weighted by molar-refractivity contribution is -0.122. The van der Waals surface area contributed by atoms with E-state index in [1.54, 1.807) is 30.3 Å². The standard InChI is InChI=1S/C25H22ClFIN3O2/c1-25(2)22-20(28)10-15(23(32)30-12-14-6-8-16(29)9-7-14)11-21(22)31(24(25)33)13-17-18(26)4-3-5-19(17)27/h3-11H,12-13,29H2,1-2H3,(H,30,32). The summed E-state index contributed by atoms with van der Waals surface area (Å²) in [5, 5.41) is 3.15. The van der Waals surface area contributed by atoms with Crippen molar-refractivity contribution < 1.29 is 14.0 Å². The molecule has 5 nitrogen and oxygen atoms in total. The van der Waals surface area contributed by atoms with Gasteiger partial charge in [-0.2, -0.15) is 0 Å². The van der Waals surface area contributed by atoms with Gasteiger partial charge in [-0.25, -0.2) is 4.39 Å². The number of carbonyl (C=O) groups is 2. The summed E-state index contributed by atoms with van der Waals surface area (Å²) in [6.45, 7) is 3.99. The van der Waals surface area contributed by atoms with E-state index >= 15 is 0 Å². The molecule has 3 N–H and O–H groups in total. The smallest absolute Gasteiger partial charge is 0.251 e. The van der Waals surface area contributed by atoms with E-state index in [2.05, 4.69) is 27.9 Å². The van der Waals surface area contributed by atoms with E-state index in [1.807, 2.05) is 26.0 Å². The maximum atomic E-state index is 14.5. The molecule has 2 amide bonds. The molecule has 0 radical (unpaired) electrons. The number of nitrogens with two attached hydrogens (primary N) is 1. The Morgan fingerprint density at radius 1 is 1.18 bits per heavy atom. The van der Waals surface area contributed by atoms with Crippen molar-refractivity contribution in [2.24, 2.45) is 0 Å². The first-order chi connectivity index (χ1) is 15.6. The molecule has 3 aromatic carbocycles. The molecule has 1 heterocycles. The summed E-state index contributed by atoms with van der Waals surface area (Å²) in [5.41, 5.74) is 8.53. The molecule has 0 saturated heterocycles. The Kier molecular flexibility index (Phi) is 6.37. The van der Waals surface area contributed by atoms with Gasteiger partial charge in [0.2, 0.25) is 5.91 Å². The van der Waals surface area contributed by atoms with Gasteiger partial charge in [0, 0.05) is 37.5 Å². The van der Waals surface area contributed by atoms with Gasteiger partial charge in [0.1, 0.15) is 5.82 Å². The van der Waals surface area contributed by atoms with Crippen molar-refractivity contribution in [1.29, 1.82) is 0 Å². The van der Waals surface area contributed by atoms with E-state index in [0.29, 0.717) is 23.5 Å². The van der Waals surface area contributed by atoms with Crippen LogP contribution >= 0.6 is 34.2 Å². The van der Waals surface area contributed by atoms with Crippen LogP contribution in [0.3, 0.4) is 0 Å². The maximum absolute atomic E-state index is 14.5. The van der Waals surface area contributed by atoms with Gasteiger partial charge in [0.25, 0.3) is 5.91 Å². The lowest BCUT2D eigenvalue weighted by Crippen LogP contribution is -2.36. The fourth-order valence-corrected chi connectivity index (χ4v) is 5.54. The molecular formula is C25H22ClFIN3O2. The number of hydrogen-bond acceptors (Lipinski definition) is 3. The predicted octanol–water partition coefficient (Wildman–Crippen LogP) is 5.42. The normalized spacial score (nSPS) is 14.3. The van der Waals surface area contributed by atoms with Gasteiger partial charge in [-0.3, -0.25) is 9.59 Å². The number of nitrogens with zero attached hydrogens (tertiary/aromatic N) is 1. The topological polar surface area (TPSA) is 75.4 Å². The van der Waals surface area contributed by atoms with Gasteiger partial charge in [-0.05, 0) is 78.4 Å². The van der Waals surface area contributed by atoms with Crippen molar-refractivity contribution in [3.63, 3.8) is 0 Å². The fraction of sp³-hybridized carbons (Fsp3) is 0.200. The SMILES string of the molecule is CC1(C)C(=O)N(Cc2c(F)cccc2Cl)c2cc(C(=O)NCc3ccc(N)cc3)cc(I)c21. The number of benzene rings is 3. The molecule has 0 unspecified atom stereocenters. The van der Waals surface area contributed by atoms with Gasteiger partial charge in [-0.15, -0.1) is 0 Å². The van der Waals surface area contributed by atoms with Gasteiger partial charge < -0.3 is 16.0 Å². The van der Waals surface area contributed by atoms with Crippen LogP contribution in [0.4, 0.5) is 15.8 Å². The maximum Gasteiger partial charge on any atom is 0.251 e. The van der Waals surface area contributed by atoms with Crippen LogP contribution < -0.4 is 16.0 Å². The molecule has 3 aromatic rings. The molecule has 170 valence electrons. The largest absolute Gasteiger partial charge is 0.399 e. The number of halogens is 3. The van der Waals surface area contributed by atoms with Gasteiger partial charge in [0.05, 0.1) is 17.6 Å². The Morgan fingerprint density at radius 3 is 2.55 bits per heavy atom. The molecule has 1 aliphatic rings. The Labute approximate surface area is 210 Å². The Balaban J connectivity index is 1.67. The molecule has 0 aliphatic carbocycles. The Hall–Kier alpha value is -2.65. The second-order valence-corrected chi connectivity index (χ2v) is 10.1. The molecule has 8 heteroatoms. The van der Waals surface area contributed by atoms with E-state index in [9.17, 15) is 14.0 Å². The van der Waals surface area contributed by atoms with Crippen molar-refractivity contribution >= 4 is 57.4 Å². The highest BCUT2D eigenvalue weighted by molar-refractivity contribution is 14.1. The minimum atomic E-state index is -0.817. The number of rotatable bonds is 5. The van der Waals surface area contributed by atoms with E-state index in [4.69, 9.17) is 17.3 Å². The number of amides is 2. The quantitative estimate of drug-likeness (QED) is 0.314. The van der Waals surface area contributed by atoms with Crippen molar-refractivity contribution in [2.75, 3.05) is 10.6 Å². The summed E-state index contributed by atoms with van der Waals surface area (Å²) >= 11 is 8.37. The third-order valence-corrected chi connectivity index (χ3v) is 7.04. The van der Waals surface area contributed by atoms with E-state index in [1.165, 1.54) is 17.0 Å². The number of anilines is 2. The summed E-state index contributed by atoms with van der Waals surface area (Å²) in [4.78, 5) is 27.8. The molecule has 4 rings (SSSR count). The van der Waals surface area contributed by atoms with Gasteiger partial charge in [0.15, 0.2) is 0 Å². The molecule has 0 aromatic heterocycles. The number of nitrogen functional groups attached to an aromatic ring is 1. The first-order valence-electron chi connectivity index (χ1n) is 10.3. The average molecular weight is 578 g/mol. The summed E-state index contributed by atoms with van der Waals surface area (Å²) in [6, 6.07) is 15.2. The molecule has 1 aliphatic heterocycles. The summed E-state index contributed by atoms with van der Waals surface area (Å²) in [5.74, 6) is -0.920. The van der Waals surface area contributed by atoms with Crippen molar-refractivity contribution in [3.8, 4) is 0 Å². The third kappa shape index (κ3) is 4.44. The lowest BCUT2D eigenvalue weighted by Gasteiger charge is -2.21. The summed E-state index contributed by atoms with van der Waals surface area (Å²) in [7, 11) is 0. The van der Waals surface area contributed by atoms with Crippen LogP contribution in [0.1, 0.15) is 40.9 Å². The van der Waals surface area contributed by atoms with Crippen LogP contribution in [0.2, 0.25) is 5.02 Å². The third-order valence-electron chi connectivity index (χ3n) is 5.84. The minimum Gasteiger partial charge on any atom is -0.399 e. The minimum absolute atomic E-state index is 0.0205. The lowest BCUT2D eigenvalue weighted by atomic mass is 9.86. The molecule has 0 spiro atoms. The van der Waals surface area contributed by atoms with E-state index in [-0.39, 0.29) is 28.9 Å². The molecule has 0 fully saturated rings. The average Bonchev–Trinajstić information content (AvgIpc) is 2.96. The van der Waals surface area contributed by atoms with Crippen LogP contribution in [0.5, 0.6) is 0 Å². The molecule has 0 bridgehead atoms. The van der Waals surface area contributed by atoms with Gasteiger partial charge in [-0.1, -0.05) is 29.8 Å². The van der Waals surface area contributed by atoms with Gasteiger partial charge >= 0.3 is 0 Å². The van der Waals surface area contributed by atoms with Crippen molar-refractivity contribution in [1.82, 2.24) is 5.32 Å². The Bertz CT molecular complexity index is 1240. The monoisotopic (exact) mass is 577 g/mol. The van der Waals surface area contributed by atoms with Crippen molar-refractivity contribution in [2.45, 2.75) is 32.4 Å². The number of nitrogens with one attached hydrogen (secondary N) is 1. The number of fused-ring (bicyclic) bond motifs is 1. The van der Waals surface area contributed by atoms with Crippen LogP contribution in [0.25, 0.3) is 0 Å².